The Balaban J connectivity index is 1.24. The van der Waals surface area contributed by atoms with E-state index in [1.165, 1.54) is 0 Å². The van der Waals surface area contributed by atoms with E-state index >= 15 is 0 Å². The van der Waals surface area contributed by atoms with Crippen LogP contribution in [0.3, 0.4) is 0 Å². The highest BCUT2D eigenvalue weighted by Gasteiger charge is 2.34. The van der Waals surface area contributed by atoms with Gasteiger partial charge in [0.05, 0.1) is 5.92 Å². The van der Waals surface area contributed by atoms with Crippen LogP contribution >= 0.6 is 0 Å². The van der Waals surface area contributed by atoms with E-state index in [9.17, 15) is 9.59 Å². The standard InChI is InChI=1S/C21H30N4O2/c26-20(22-18-8-9-18)16-5-4-12-25(15-16)19-10-13-24(14-11-19)21(27)23-17-6-2-1-3-7-17/h1-3,6-7,16,18-19H,4-5,8-15H2,(H,22,26)(H,23,27)/t16-/m0/s1. The van der Waals surface area contributed by atoms with E-state index in [1.54, 1.807) is 0 Å². The number of piperidine rings is 2. The molecule has 2 heterocycles. The number of benzene rings is 1. The van der Waals surface area contributed by atoms with Gasteiger partial charge >= 0.3 is 6.03 Å². The Morgan fingerprint density at radius 1 is 0.926 bits per heavy atom. The first-order valence-electron chi connectivity index (χ1n) is 10.3. The predicted octanol–water partition coefficient (Wildman–Crippen LogP) is 2.67. The second-order valence-electron chi connectivity index (χ2n) is 8.13. The second kappa shape index (κ2) is 8.30. The van der Waals surface area contributed by atoms with Gasteiger partial charge in [0.1, 0.15) is 0 Å². The van der Waals surface area contributed by atoms with Gasteiger partial charge in [-0.1, -0.05) is 18.2 Å². The van der Waals surface area contributed by atoms with E-state index in [0.29, 0.717) is 12.1 Å². The molecule has 3 aliphatic rings. The lowest BCUT2D eigenvalue weighted by atomic mass is 9.93. The van der Waals surface area contributed by atoms with Crippen LogP contribution in [0, 0.1) is 5.92 Å². The van der Waals surface area contributed by atoms with Gasteiger partial charge in [-0.15, -0.1) is 0 Å². The molecule has 2 aliphatic heterocycles. The Kier molecular flexibility index (Phi) is 5.62. The third-order valence-corrected chi connectivity index (χ3v) is 6.04. The number of hydrogen-bond acceptors (Lipinski definition) is 3. The van der Waals surface area contributed by atoms with E-state index in [4.69, 9.17) is 0 Å². The molecule has 0 spiro atoms. The topological polar surface area (TPSA) is 64.7 Å². The maximum absolute atomic E-state index is 12.4. The number of para-hydroxylation sites is 1. The van der Waals surface area contributed by atoms with Gasteiger partial charge < -0.3 is 15.5 Å². The van der Waals surface area contributed by atoms with Crippen LogP contribution in [-0.2, 0) is 4.79 Å². The number of amides is 3. The Labute approximate surface area is 161 Å². The largest absolute Gasteiger partial charge is 0.353 e. The lowest BCUT2D eigenvalue weighted by Gasteiger charge is -2.42. The number of hydrogen-bond donors (Lipinski definition) is 2. The molecule has 146 valence electrons. The SMILES string of the molecule is O=C(NC1CC1)[C@H]1CCCN(C2CCN(C(=O)Nc3ccccc3)CC2)C1. The van der Waals surface area contributed by atoms with E-state index in [-0.39, 0.29) is 17.9 Å². The number of anilines is 1. The fraction of sp³-hybridized carbons (Fsp3) is 0.619. The van der Waals surface area contributed by atoms with Crippen molar-refractivity contribution in [3.05, 3.63) is 30.3 Å². The maximum Gasteiger partial charge on any atom is 0.321 e. The first kappa shape index (κ1) is 18.3. The molecule has 0 unspecified atom stereocenters. The fourth-order valence-corrected chi connectivity index (χ4v) is 4.26. The zero-order valence-electron chi connectivity index (χ0n) is 15.9. The molecule has 0 bridgehead atoms. The molecule has 3 fully saturated rings. The summed E-state index contributed by atoms with van der Waals surface area (Å²) in [6, 6.07) is 10.5. The maximum atomic E-state index is 12.4. The van der Waals surface area contributed by atoms with Crippen molar-refractivity contribution in [2.45, 2.75) is 50.6 Å². The zero-order valence-corrected chi connectivity index (χ0v) is 15.9. The number of nitrogens with zero attached hydrogens (tertiary/aromatic N) is 2. The van der Waals surface area contributed by atoms with Crippen molar-refractivity contribution in [3.63, 3.8) is 0 Å². The number of nitrogens with one attached hydrogen (secondary N) is 2. The van der Waals surface area contributed by atoms with Crippen LogP contribution in [0.4, 0.5) is 10.5 Å². The molecule has 1 aliphatic carbocycles. The lowest BCUT2D eigenvalue weighted by molar-refractivity contribution is -0.127. The van der Waals surface area contributed by atoms with Crippen molar-refractivity contribution in [2.75, 3.05) is 31.5 Å². The van der Waals surface area contributed by atoms with Crippen LogP contribution in [0.15, 0.2) is 30.3 Å². The van der Waals surface area contributed by atoms with Crippen molar-refractivity contribution < 1.29 is 9.59 Å². The highest BCUT2D eigenvalue weighted by Crippen LogP contribution is 2.26. The van der Waals surface area contributed by atoms with Gasteiger partial charge in [0.2, 0.25) is 5.91 Å². The number of urea groups is 1. The number of likely N-dealkylation sites (tertiary alicyclic amines) is 2. The first-order valence-corrected chi connectivity index (χ1v) is 10.3. The summed E-state index contributed by atoms with van der Waals surface area (Å²) in [5, 5.41) is 6.14. The minimum absolute atomic E-state index is 0.0139. The molecule has 0 radical (unpaired) electrons. The fourth-order valence-electron chi connectivity index (χ4n) is 4.26. The first-order chi connectivity index (χ1) is 13.2. The van der Waals surface area contributed by atoms with Crippen LogP contribution < -0.4 is 10.6 Å². The van der Waals surface area contributed by atoms with Crippen LogP contribution in [0.2, 0.25) is 0 Å². The molecule has 1 aromatic rings. The molecule has 1 atom stereocenters. The van der Waals surface area contributed by atoms with Gasteiger partial charge in [0.25, 0.3) is 0 Å². The Morgan fingerprint density at radius 2 is 1.67 bits per heavy atom. The average molecular weight is 370 g/mol. The highest BCUT2D eigenvalue weighted by atomic mass is 16.2. The van der Waals surface area contributed by atoms with Gasteiger partial charge in [-0.25, -0.2) is 4.79 Å². The third-order valence-electron chi connectivity index (χ3n) is 6.04. The van der Waals surface area contributed by atoms with Crippen LogP contribution in [0.1, 0.15) is 38.5 Å². The minimum Gasteiger partial charge on any atom is -0.353 e. The molecule has 2 N–H and O–H groups in total. The van der Waals surface area contributed by atoms with Crippen LogP contribution in [-0.4, -0.2) is 60.0 Å². The minimum atomic E-state index is -0.0139. The number of rotatable bonds is 4. The molecule has 27 heavy (non-hydrogen) atoms. The quantitative estimate of drug-likeness (QED) is 0.856. The molecule has 6 heteroatoms. The van der Waals surface area contributed by atoms with Crippen molar-refractivity contribution in [2.24, 2.45) is 5.92 Å². The van der Waals surface area contributed by atoms with Gasteiger partial charge in [0, 0.05) is 37.4 Å². The normalized spacial score (nSPS) is 24.4. The third kappa shape index (κ3) is 4.80. The molecule has 0 aromatic heterocycles. The number of carbonyl (C=O) groups excluding carboxylic acids is 2. The average Bonchev–Trinajstić information content (AvgIpc) is 3.53. The summed E-state index contributed by atoms with van der Waals surface area (Å²) >= 11 is 0. The van der Waals surface area contributed by atoms with E-state index < -0.39 is 0 Å². The second-order valence-corrected chi connectivity index (χ2v) is 8.13. The molecule has 1 saturated carbocycles. The van der Waals surface area contributed by atoms with Crippen molar-refractivity contribution in [1.29, 1.82) is 0 Å². The van der Waals surface area contributed by atoms with Gasteiger partial charge in [0.15, 0.2) is 0 Å². The molecular formula is C21H30N4O2. The molecular weight excluding hydrogens is 340 g/mol. The molecule has 3 amide bonds. The molecule has 4 rings (SSSR count). The highest BCUT2D eigenvalue weighted by molar-refractivity contribution is 5.89. The predicted molar refractivity (Wildman–Crippen MR) is 106 cm³/mol. The van der Waals surface area contributed by atoms with Gasteiger partial charge in [-0.2, -0.15) is 0 Å². The van der Waals surface area contributed by atoms with Crippen molar-refractivity contribution in [3.8, 4) is 0 Å². The Morgan fingerprint density at radius 3 is 2.37 bits per heavy atom. The van der Waals surface area contributed by atoms with Gasteiger partial charge in [-0.05, 0) is 57.2 Å². The van der Waals surface area contributed by atoms with Crippen LogP contribution in [0.5, 0.6) is 0 Å². The number of carbonyl (C=O) groups is 2. The molecule has 2 saturated heterocycles. The summed E-state index contributed by atoms with van der Waals surface area (Å²) in [5.74, 6) is 0.389. The Hall–Kier alpha value is -2.08. The van der Waals surface area contributed by atoms with Crippen molar-refractivity contribution in [1.82, 2.24) is 15.1 Å². The zero-order chi connectivity index (χ0) is 18.6. The lowest BCUT2D eigenvalue weighted by Crippen LogP contribution is -2.52. The summed E-state index contributed by atoms with van der Waals surface area (Å²) in [4.78, 5) is 29.2. The van der Waals surface area contributed by atoms with Crippen molar-refractivity contribution >= 4 is 17.6 Å². The van der Waals surface area contributed by atoms with E-state index in [0.717, 1.165) is 70.4 Å². The van der Waals surface area contributed by atoms with E-state index in [1.807, 2.05) is 35.2 Å². The monoisotopic (exact) mass is 370 g/mol. The van der Waals surface area contributed by atoms with Gasteiger partial charge in [-0.3, -0.25) is 9.69 Å². The smallest absolute Gasteiger partial charge is 0.321 e. The summed E-state index contributed by atoms with van der Waals surface area (Å²) in [7, 11) is 0. The summed E-state index contributed by atoms with van der Waals surface area (Å²) in [5.41, 5.74) is 0.838. The van der Waals surface area contributed by atoms with Crippen LogP contribution in [0.25, 0.3) is 0 Å². The summed E-state index contributed by atoms with van der Waals surface area (Å²) in [6.07, 6.45) is 6.36. The molecule has 1 aromatic carbocycles. The molecule has 6 nitrogen and oxygen atoms in total. The van der Waals surface area contributed by atoms with E-state index in [2.05, 4.69) is 15.5 Å². The Bertz CT molecular complexity index is 653. The summed E-state index contributed by atoms with van der Waals surface area (Å²) in [6.45, 7) is 3.51. The summed E-state index contributed by atoms with van der Waals surface area (Å²) < 4.78 is 0.